The minimum Gasteiger partial charge on any atom is -0.461 e. The van der Waals surface area contributed by atoms with Crippen LogP contribution in [0.1, 0.15) is 5.56 Å². The molecule has 10 nitrogen and oxygen atoms in total. The fourth-order valence-electron chi connectivity index (χ4n) is 3.50. The summed E-state index contributed by atoms with van der Waals surface area (Å²) < 4.78 is 48.3. The Morgan fingerprint density at radius 2 is 1.77 bits per heavy atom. The molecule has 2 aromatic carbocycles. The van der Waals surface area contributed by atoms with E-state index >= 15 is 0 Å². The van der Waals surface area contributed by atoms with Crippen LogP contribution < -0.4 is 10.4 Å². The smallest absolute Gasteiger partial charge is 0.336 e. The number of ether oxygens (including phenoxy) is 2. The molecular formula is C19H18O10S. The van der Waals surface area contributed by atoms with Crippen molar-refractivity contribution in [3.05, 3.63) is 52.4 Å². The lowest BCUT2D eigenvalue weighted by atomic mass is 10.0. The minimum atomic E-state index is -4.42. The van der Waals surface area contributed by atoms with Crippen LogP contribution in [0.5, 0.6) is 5.75 Å². The molecule has 4 N–H and O–H groups in total. The normalized spacial score (nSPS) is 24.9. The van der Waals surface area contributed by atoms with Crippen LogP contribution in [0, 0.1) is 0 Å². The van der Waals surface area contributed by atoms with Gasteiger partial charge in [0, 0.05) is 22.9 Å². The monoisotopic (exact) mass is 438 g/mol. The molecule has 0 amide bonds. The largest absolute Gasteiger partial charge is 0.461 e. The summed E-state index contributed by atoms with van der Waals surface area (Å²) in [5, 5.41) is 30.8. The fourth-order valence-corrected chi connectivity index (χ4v) is 4.12. The highest BCUT2D eigenvalue weighted by molar-refractivity contribution is 7.85. The second kappa shape index (κ2) is 7.61. The maximum atomic E-state index is 11.9. The fraction of sp³-hybridized carbons (Fsp3) is 0.316. The average Bonchev–Trinajstić information content (AvgIpc) is 2.66. The first kappa shape index (κ1) is 20.7. The second-order valence-corrected chi connectivity index (χ2v) is 8.43. The van der Waals surface area contributed by atoms with Crippen molar-refractivity contribution in [3.8, 4) is 5.75 Å². The lowest BCUT2D eigenvalue weighted by Gasteiger charge is -2.35. The first-order valence-corrected chi connectivity index (χ1v) is 10.5. The van der Waals surface area contributed by atoms with Gasteiger partial charge in [0.1, 0.15) is 35.4 Å². The van der Waals surface area contributed by atoms with E-state index in [1.807, 2.05) is 0 Å². The molecule has 1 saturated heterocycles. The quantitative estimate of drug-likeness (QED) is 0.250. The van der Waals surface area contributed by atoms with Crippen molar-refractivity contribution in [1.29, 1.82) is 0 Å². The van der Waals surface area contributed by atoms with Crippen LogP contribution in [0.2, 0.25) is 0 Å². The van der Waals surface area contributed by atoms with Gasteiger partial charge in [-0.05, 0) is 10.9 Å². The van der Waals surface area contributed by atoms with Gasteiger partial charge in [0.15, 0.2) is 0 Å². The summed E-state index contributed by atoms with van der Waals surface area (Å²) in [5.41, 5.74) is -0.769. The van der Waals surface area contributed by atoms with Crippen LogP contribution in [0.25, 0.3) is 21.7 Å². The Bertz CT molecular complexity index is 1270. The topological polar surface area (TPSA) is 164 Å². The molecule has 3 aromatic rings. The molecule has 1 aliphatic rings. The molecule has 1 aromatic heterocycles. The van der Waals surface area contributed by atoms with E-state index in [1.165, 1.54) is 6.07 Å². The van der Waals surface area contributed by atoms with E-state index in [0.717, 1.165) is 6.07 Å². The molecule has 2 heterocycles. The molecule has 30 heavy (non-hydrogen) atoms. The summed E-state index contributed by atoms with van der Waals surface area (Å²) in [6.07, 6.45) is -5.60. The molecule has 4 atom stereocenters. The number of hydrogen-bond acceptors (Lipinski definition) is 9. The van der Waals surface area contributed by atoms with E-state index in [2.05, 4.69) is 0 Å². The van der Waals surface area contributed by atoms with E-state index in [1.54, 1.807) is 24.3 Å². The molecule has 0 saturated carbocycles. The Labute approximate surface area is 169 Å². The number of aliphatic hydroxyl groups excluding tert-OH is 3. The third-order valence-corrected chi connectivity index (χ3v) is 5.51. The van der Waals surface area contributed by atoms with Crippen molar-refractivity contribution in [2.45, 2.75) is 30.4 Å². The summed E-state index contributed by atoms with van der Waals surface area (Å²) in [6, 6.07) is 9.01. The number of rotatable bonds is 4. The Kier molecular flexibility index (Phi) is 5.26. The zero-order chi connectivity index (χ0) is 21.6. The zero-order valence-corrected chi connectivity index (χ0v) is 16.2. The molecule has 11 heteroatoms. The lowest BCUT2D eigenvalue weighted by molar-refractivity contribution is -0.241. The first-order valence-electron chi connectivity index (χ1n) is 8.90. The van der Waals surface area contributed by atoms with Crippen LogP contribution in [0.15, 0.2) is 45.6 Å². The first-order chi connectivity index (χ1) is 14.1. The molecule has 1 aliphatic heterocycles. The van der Waals surface area contributed by atoms with E-state index in [-0.39, 0.29) is 23.5 Å². The van der Waals surface area contributed by atoms with Gasteiger partial charge in [-0.1, -0.05) is 24.3 Å². The SMILES string of the molecule is O=c1cc(CS(=O)(=O)O)c2c(cc(O[C@@H]3OC[C@@H](O)C(O)[C@@H]3O)c3ccccc32)o1. The summed E-state index contributed by atoms with van der Waals surface area (Å²) >= 11 is 0. The molecular weight excluding hydrogens is 420 g/mol. The molecule has 0 radical (unpaired) electrons. The number of benzene rings is 2. The highest BCUT2D eigenvalue weighted by Gasteiger charge is 2.39. The summed E-state index contributed by atoms with van der Waals surface area (Å²) in [4.78, 5) is 11.9. The number of aliphatic hydroxyl groups is 3. The maximum Gasteiger partial charge on any atom is 0.336 e. The molecule has 1 fully saturated rings. The van der Waals surface area contributed by atoms with Crippen LogP contribution in [0.4, 0.5) is 0 Å². The average molecular weight is 438 g/mol. The summed E-state index contributed by atoms with van der Waals surface area (Å²) in [6.45, 7) is -0.262. The van der Waals surface area contributed by atoms with Gasteiger partial charge in [-0.3, -0.25) is 4.55 Å². The third-order valence-electron chi connectivity index (χ3n) is 4.83. The van der Waals surface area contributed by atoms with Gasteiger partial charge in [-0.15, -0.1) is 0 Å². The van der Waals surface area contributed by atoms with Gasteiger partial charge in [-0.2, -0.15) is 8.42 Å². The van der Waals surface area contributed by atoms with Gasteiger partial charge in [-0.25, -0.2) is 4.79 Å². The van der Waals surface area contributed by atoms with Gasteiger partial charge in [0.25, 0.3) is 10.1 Å². The summed E-state index contributed by atoms with van der Waals surface area (Å²) in [5.74, 6) is -0.647. The van der Waals surface area contributed by atoms with Gasteiger partial charge in [0.2, 0.25) is 6.29 Å². The summed E-state index contributed by atoms with van der Waals surface area (Å²) in [7, 11) is -4.42. The third kappa shape index (κ3) is 3.90. The van der Waals surface area contributed by atoms with Gasteiger partial charge < -0.3 is 29.2 Å². The van der Waals surface area contributed by atoms with Crippen molar-refractivity contribution in [1.82, 2.24) is 0 Å². The Morgan fingerprint density at radius 3 is 2.47 bits per heavy atom. The zero-order valence-electron chi connectivity index (χ0n) is 15.3. The Morgan fingerprint density at radius 1 is 1.07 bits per heavy atom. The van der Waals surface area contributed by atoms with Crippen LogP contribution in [-0.2, 0) is 20.6 Å². The molecule has 0 aliphatic carbocycles. The van der Waals surface area contributed by atoms with Crippen LogP contribution in [0.3, 0.4) is 0 Å². The molecule has 0 bridgehead atoms. The van der Waals surface area contributed by atoms with Crippen LogP contribution in [-0.4, -0.2) is 59.5 Å². The van der Waals surface area contributed by atoms with Crippen molar-refractivity contribution in [2.75, 3.05) is 6.61 Å². The number of fused-ring (bicyclic) bond motifs is 3. The predicted octanol–water partition coefficient (Wildman–Crippen LogP) is 0.152. The highest BCUT2D eigenvalue weighted by Crippen LogP contribution is 2.36. The van der Waals surface area contributed by atoms with E-state index < -0.39 is 46.1 Å². The van der Waals surface area contributed by atoms with E-state index in [9.17, 15) is 33.1 Å². The van der Waals surface area contributed by atoms with Crippen molar-refractivity contribution >= 4 is 31.9 Å². The molecule has 1 unspecified atom stereocenters. The molecule has 0 spiro atoms. The lowest BCUT2D eigenvalue weighted by Crippen LogP contribution is -2.54. The van der Waals surface area contributed by atoms with Crippen molar-refractivity contribution < 1.29 is 42.2 Å². The van der Waals surface area contributed by atoms with E-state index in [0.29, 0.717) is 16.2 Å². The van der Waals surface area contributed by atoms with Gasteiger partial charge >= 0.3 is 5.63 Å². The van der Waals surface area contributed by atoms with Gasteiger partial charge in [0.05, 0.1) is 6.61 Å². The Hall–Kier alpha value is -2.54. The predicted molar refractivity (Wildman–Crippen MR) is 104 cm³/mol. The molecule has 160 valence electrons. The van der Waals surface area contributed by atoms with Crippen molar-refractivity contribution in [3.63, 3.8) is 0 Å². The van der Waals surface area contributed by atoms with E-state index in [4.69, 9.17) is 13.9 Å². The highest BCUT2D eigenvalue weighted by atomic mass is 32.2. The minimum absolute atomic E-state index is 0.000678. The maximum absolute atomic E-state index is 11.9. The molecule has 4 rings (SSSR count). The Balaban J connectivity index is 1.89. The standard InChI is InChI=1S/C19H18O10S/c20-12-7-27-19(18(23)17(12)22)29-13-6-14-16(11-4-2-1-3-10(11)13)9(5-15(21)28-14)8-30(24,25)26/h1-6,12,17-20,22-23H,7-8H2,(H,24,25,26)/t12-,17?,18+,19+/m1/s1. The van der Waals surface area contributed by atoms with Crippen molar-refractivity contribution in [2.24, 2.45) is 0 Å². The van der Waals surface area contributed by atoms with Crippen LogP contribution >= 0.6 is 0 Å². The second-order valence-electron chi connectivity index (χ2n) is 6.98. The number of hydrogen-bond donors (Lipinski definition) is 4.